The van der Waals surface area contributed by atoms with Gasteiger partial charge in [0.1, 0.15) is 11.5 Å². The van der Waals surface area contributed by atoms with Crippen molar-refractivity contribution in [1.29, 1.82) is 0 Å². The minimum Gasteiger partial charge on any atom is -0.496 e. The van der Waals surface area contributed by atoms with Crippen LogP contribution in [0.5, 0.6) is 11.5 Å². The Morgan fingerprint density at radius 3 is 2.22 bits per heavy atom. The van der Waals surface area contributed by atoms with Crippen molar-refractivity contribution in [1.82, 2.24) is 0 Å². The highest BCUT2D eigenvalue weighted by atomic mass is 16.5. The van der Waals surface area contributed by atoms with Crippen molar-refractivity contribution in [3.05, 3.63) is 17.7 Å². The summed E-state index contributed by atoms with van der Waals surface area (Å²) in [5, 5.41) is 14.2. The lowest BCUT2D eigenvalue weighted by Gasteiger charge is -2.37. The van der Waals surface area contributed by atoms with E-state index in [1.807, 2.05) is 19.1 Å². The van der Waals surface area contributed by atoms with E-state index < -0.39 is 5.60 Å². The Labute approximate surface area is 140 Å². The third-order valence-corrected chi connectivity index (χ3v) is 5.04. The van der Waals surface area contributed by atoms with E-state index >= 15 is 0 Å². The predicted molar refractivity (Wildman–Crippen MR) is 94.6 cm³/mol. The maximum Gasteiger partial charge on any atom is 0.127 e. The first kappa shape index (κ1) is 17.9. The molecule has 23 heavy (non-hydrogen) atoms. The topological polar surface area (TPSA) is 50.7 Å². The van der Waals surface area contributed by atoms with Gasteiger partial charge in [-0.2, -0.15) is 0 Å². The Kier molecular flexibility index (Phi) is 6.17. The molecule has 1 fully saturated rings. The SMILES string of the molecule is CCCCC1(O)CCC(Nc2cc(OC)c(C)c(OC)c2)CC1. The predicted octanol–water partition coefficient (Wildman–Crippen LogP) is 4.29. The molecule has 0 aliphatic heterocycles. The molecule has 1 aromatic carbocycles. The third-order valence-electron chi connectivity index (χ3n) is 5.04. The second-order valence-corrected chi connectivity index (χ2v) is 6.75. The number of unbranched alkanes of at least 4 members (excludes halogenated alkanes) is 1. The van der Waals surface area contributed by atoms with E-state index in [1.165, 1.54) is 0 Å². The van der Waals surface area contributed by atoms with Crippen LogP contribution in [0, 0.1) is 6.92 Å². The zero-order valence-corrected chi connectivity index (χ0v) is 14.9. The van der Waals surface area contributed by atoms with Gasteiger partial charge in [-0.1, -0.05) is 19.8 Å². The van der Waals surface area contributed by atoms with Crippen molar-refractivity contribution in [3.63, 3.8) is 0 Å². The minimum absolute atomic E-state index is 0.397. The van der Waals surface area contributed by atoms with Gasteiger partial charge in [-0.15, -0.1) is 0 Å². The highest BCUT2D eigenvalue weighted by molar-refractivity contribution is 5.58. The highest BCUT2D eigenvalue weighted by Crippen LogP contribution is 2.36. The first-order chi connectivity index (χ1) is 11.0. The van der Waals surface area contributed by atoms with Crippen LogP contribution in [0.3, 0.4) is 0 Å². The van der Waals surface area contributed by atoms with Crippen LogP contribution >= 0.6 is 0 Å². The summed E-state index contributed by atoms with van der Waals surface area (Å²) in [4.78, 5) is 0. The molecule has 0 bridgehead atoms. The van der Waals surface area contributed by atoms with Gasteiger partial charge in [0, 0.05) is 29.4 Å². The zero-order chi connectivity index (χ0) is 16.9. The summed E-state index contributed by atoms with van der Waals surface area (Å²) in [7, 11) is 3.36. The van der Waals surface area contributed by atoms with E-state index in [0.29, 0.717) is 6.04 Å². The van der Waals surface area contributed by atoms with Gasteiger partial charge in [0.15, 0.2) is 0 Å². The molecule has 2 rings (SSSR count). The second kappa shape index (κ2) is 7.91. The molecule has 0 unspecified atom stereocenters. The molecule has 0 spiro atoms. The van der Waals surface area contributed by atoms with E-state index in [2.05, 4.69) is 12.2 Å². The number of methoxy groups -OCH3 is 2. The molecule has 1 saturated carbocycles. The summed E-state index contributed by atoms with van der Waals surface area (Å²) in [6.07, 6.45) is 6.95. The van der Waals surface area contributed by atoms with Crippen LogP contribution < -0.4 is 14.8 Å². The first-order valence-corrected chi connectivity index (χ1v) is 8.73. The first-order valence-electron chi connectivity index (χ1n) is 8.73. The van der Waals surface area contributed by atoms with Crippen molar-refractivity contribution >= 4 is 5.69 Å². The normalized spacial score (nSPS) is 24.3. The summed E-state index contributed by atoms with van der Waals surface area (Å²) in [6, 6.07) is 4.44. The second-order valence-electron chi connectivity index (χ2n) is 6.75. The molecule has 0 heterocycles. The number of ether oxygens (including phenoxy) is 2. The number of benzene rings is 1. The number of hydrogen-bond donors (Lipinski definition) is 2. The molecular formula is C19H31NO3. The fourth-order valence-electron chi connectivity index (χ4n) is 3.46. The van der Waals surface area contributed by atoms with Crippen molar-refractivity contribution in [2.24, 2.45) is 0 Å². The van der Waals surface area contributed by atoms with E-state index in [-0.39, 0.29) is 0 Å². The molecule has 1 aliphatic carbocycles. The van der Waals surface area contributed by atoms with Crippen LogP contribution in [-0.4, -0.2) is 31.0 Å². The minimum atomic E-state index is -0.448. The summed E-state index contributed by atoms with van der Waals surface area (Å²) < 4.78 is 10.9. The molecule has 2 N–H and O–H groups in total. The summed E-state index contributed by atoms with van der Waals surface area (Å²) >= 11 is 0. The highest BCUT2D eigenvalue weighted by Gasteiger charge is 2.32. The average molecular weight is 321 g/mol. The molecule has 0 radical (unpaired) electrons. The molecule has 1 aliphatic rings. The van der Waals surface area contributed by atoms with Crippen LogP contribution in [0.1, 0.15) is 57.4 Å². The molecule has 4 heteroatoms. The largest absolute Gasteiger partial charge is 0.496 e. The Balaban J connectivity index is 1.99. The van der Waals surface area contributed by atoms with Crippen LogP contribution in [0.2, 0.25) is 0 Å². The number of nitrogens with one attached hydrogen (secondary N) is 1. The average Bonchev–Trinajstić information content (AvgIpc) is 2.56. The number of anilines is 1. The number of hydrogen-bond acceptors (Lipinski definition) is 4. The molecule has 0 amide bonds. The fourth-order valence-corrected chi connectivity index (χ4v) is 3.46. The maximum atomic E-state index is 10.6. The van der Waals surface area contributed by atoms with E-state index in [9.17, 15) is 5.11 Å². The molecule has 1 aromatic rings. The Morgan fingerprint density at radius 2 is 1.74 bits per heavy atom. The number of aliphatic hydroxyl groups is 1. The monoisotopic (exact) mass is 321 g/mol. The quantitative estimate of drug-likeness (QED) is 0.786. The maximum absolute atomic E-state index is 10.6. The Bertz CT molecular complexity index is 482. The molecular weight excluding hydrogens is 290 g/mol. The molecule has 0 atom stereocenters. The van der Waals surface area contributed by atoms with Gasteiger partial charge in [-0.3, -0.25) is 0 Å². The van der Waals surface area contributed by atoms with E-state index in [1.54, 1.807) is 14.2 Å². The smallest absolute Gasteiger partial charge is 0.127 e. The molecule has 0 saturated heterocycles. The zero-order valence-electron chi connectivity index (χ0n) is 14.9. The van der Waals surface area contributed by atoms with Gasteiger partial charge in [0.05, 0.1) is 19.8 Å². The lowest BCUT2D eigenvalue weighted by Crippen LogP contribution is -2.38. The van der Waals surface area contributed by atoms with Crippen LogP contribution in [0.4, 0.5) is 5.69 Å². The van der Waals surface area contributed by atoms with E-state index in [0.717, 1.165) is 67.7 Å². The van der Waals surface area contributed by atoms with Gasteiger partial charge in [0.25, 0.3) is 0 Å². The lowest BCUT2D eigenvalue weighted by atomic mass is 9.79. The Morgan fingerprint density at radius 1 is 1.17 bits per heavy atom. The lowest BCUT2D eigenvalue weighted by molar-refractivity contribution is -0.00799. The summed E-state index contributed by atoms with van der Waals surface area (Å²) in [5.41, 5.74) is 1.59. The number of rotatable bonds is 7. The van der Waals surface area contributed by atoms with Gasteiger partial charge in [-0.25, -0.2) is 0 Å². The molecule has 130 valence electrons. The van der Waals surface area contributed by atoms with Gasteiger partial charge in [-0.05, 0) is 39.0 Å². The summed E-state index contributed by atoms with van der Waals surface area (Å²) in [6.45, 7) is 4.17. The standard InChI is InChI=1S/C19H31NO3/c1-5-6-9-19(21)10-7-15(8-11-19)20-16-12-17(22-3)14(2)18(13-16)23-4/h12-13,15,20-21H,5-11H2,1-4H3. The van der Waals surface area contributed by atoms with Gasteiger partial charge >= 0.3 is 0 Å². The van der Waals surface area contributed by atoms with Crippen LogP contribution in [-0.2, 0) is 0 Å². The van der Waals surface area contributed by atoms with Gasteiger partial charge in [0.2, 0.25) is 0 Å². The van der Waals surface area contributed by atoms with Crippen LogP contribution in [0.15, 0.2) is 12.1 Å². The van der Waals surface area contributed by atoms with Crippen molar-refractivity contribution in [2.75, 3.05) is 19.5 Å². The fraction of sp³-hybridized carbons (Fsp3) is 0.684. The van der Waals surface area contributed by atoms with Gasteiger partial charge < -0.3 is 19.9 Å². The van der Waals surface area contributed by atoms with Crippen molar-refractivity contribution in [3.8, 4) is 11.5 Å². The molecule has 4 nitrogen and oxygen atoms in total. The summed E-state index contributed by atoms with van der Waals surface area (Å²) in [5.74, 6) is 1.67. The Hall–Kier alpha value is -1.42. The van der Waals surface area contributed by atoms with Crippen molar-refractivity contribution in [2.45, 2.75) is 70.4 Å². The van der Waals surface area contributed by atoms with E-state index in [4.69, 9.17) is 9.47 Å². The van der Waals surface area contributed by atoms with Crippen LogP contribution in [0.25, 0.3) is 0 Å². The molecule has 0 aromatic heterocycles. The van der Waals surface area contributed by atoms with Crippen molar-refractivity contribution < 1.29 is 14.6 Å². The third kappa shape index (κ3) is 4.54.